The van der Waals surface area contributed by atoms with E-state index >= 15 is 0 Å². The highest BCUT2D eigenvalue weighted by Crippen LogP contribution is 2.25. The number of anilines is 1. The molecule has 1 aromatic rings. The van der Waals surface area contributed by atoms with Crippen LogP contribution in [-0.4, -0.2) is 39.5 Å². The molecule has 0 heterocycles. The Morgan fingerprint density at radius 1 is 1.50 bits per heavy atom. The number of sulfonamides is 1. The zero-order valence-electron chi connectivity index (χ0n) is 10.6. The third-order valence-electron chi connectivity index (χ3n) is 2.66. The number of benzene rings is 1. The normalized spacial score (nSPS) is 13.8. The summed E-state index contributed by atoms with van der Waals surface area (Å²) in [5.74, 6) is 0. The zero-order valence-corrected chi connectivity index (χ0v) is 13.0. The van der Waals surface area contributed by atoms with Gasteiger partial charge < -0.3 is 10.5 Å². The van der Waals surface area contributed by atoms with Gasteiger partial charge in [0, 0.05) is 24.7 Å². The maximum absolute atomic E-state index is 12.4. The van der Waals surface area contributed by atoms with Crippen molar-refractivity contribution in [2.24, 2.45) is 0 Å². The maximum atomic E-state index is 12.4. The monoisotopic (exact) mass is 336 g/mol. The van der Waals surface area contributed by atoms with Crippen LogP contribution in [0.2, 0.25) is 0 Å². The molecule has 0 aliphatic rings. The van der Waals surface area contributed by atoms with E-state index in [-0.39, 0.29) is 16.6 Å². The first-order chi connectivity index (χ1) is 8.30. The summed E-state index contributed by atoms with van der Waals surface area (Å²) < 4.78 is 31.7. The van der Waals surface area contributed by atoms with Crippen molar-refractivity contribution >= 4 is 31.6 Å². The Kier molecular flexibility index (Phi) is 5.15. The minimum absolute atomic E-state index is 0.108. The number of halogens is 1. The molecule has 5 nitrogen and oxygen atoms in total. The molecule has 0 radical (unpaired) electrons. The van der Waals surface area contributed by atoms with Gasteiger partial charge in [0.1, 0.15) is 4.90 Å². The molecule has 0 fully saturated rings. The summed E-state index contributed by atoms with van der Waals surface area (Å²) in [7, 11) is -0.553. The third-order valence-corrected chi connectivity index (χ3v) is 5.20. The van der Waals surface area contributed by atoms with E-state index in [1.54, 1.807) is 19.1 Å². The summed E-state index contributed by atoms with van der Waals surface area (Å²) in [6.45, 7) is 2.10. The summed E-state index contributed by atoms with van der Waals surface area (Å²) in [5, 5.41) is 0. The van der Waals surface area contributed by atoms with Crippen molar-refractivity contribution in [3.05, 3.63) is 22.7 Å². The Morgan fingerprint density at radius 2 is 2.11 bits per heavy atom. The Labute approximate surface area is 116 Å². The Bertz CT molecular complexity index is 519. The molecule has 0 amide bonds. The predicted molar refractivity (Wildman–Crippen MR) is 74.8 cm³/mol. The van der Waals surface area contributed by atoms with Gasteiger partial charge in [0.15, 0.2) is 0 Å². The van der Waals surface area contributed by atoms with Crippen LogP contribution in [0, 0.1) is 0 Å². The molecule has 0 bridgehead atoms. The number of likely N-dealkylation sites (N-methyl/N-ethyl adjacent to an activating group) is 1. The molecule has 7 heteroatoms. The van der Waals surface area contributed by atoms with Crippen molar-refractivity contribution in [2.75, 3.05) is 26.5 Å². The molecule has 1 rings (SSSR count). The van der Waals surface area contributed by atoms with Crippen LogP contribution in [0.3, 0.4) is 0 Å². The number of hydrogen-bond acceptors (Lipinski definition) is 4. The van der Waals surface area contributed by atoms with Crippen LogP contribution in [0.1, 0.15) is 6.92 Å². The first-order valence-electron chi connectivity index (χ1n) is 5.32. The van der Waals surface area contributed by atoms with Crippen molar-refractivity contribution in [3.8, 4) is 0 Å². The summed E-state index contributed by atoms with van der Waals surface area (Å²) in [6, 6.07) is 4.45. The largest absolute Gasteiger partial charge is 0.398 e. The van der Waals surface area contributed by atoms with E-state index in [2.05, 4.69) is 15.9 Å². The van der Waals surface area contributed by atoms with Crippen LogP contribution in [-0.2, 0) is 14.8 Å². The second-order valence-electron chi connectivity index (χ2n) is 4.01. The van der Waals surface area contributed by atoms with Crippen LogP contribution in [0.25, 0.3) is 0 Å². The standard InChI is InChI=1S/C11H17BrN2O3S/c1-8(7-17-3)14(2)18(15,16)11-5-4-9(12)6-10(11)13/h4-6,8H,7,13H2,1-3H3. The van der Waals surface area contributed by atoms with Gasteiger partial charge in [-0.1, -0.05) is 15.9 Å². The lowest BCUT2D eigenvalue weighted by Gasteiger charge is -2.24. The first-order valence-corrected chi connectivity index (χ1v) is 7.56. The molecule has 1 unspecified atom stereocenters. The third kappa shape index (κ3) is 3.23. The molecule has 2 N–H and O–H groups in total. The lowest BCUT2D eigenvalue weighted by Crippen LogP contribution is -2.38. The van der Waals surface area contributed by atoms with Crippen molar-refractivity contribution < 1.29 is 13.2 Å². The minimum atomic E-state index is -3.60. The molecule has 1 atom stereocenters. The van der Waals surface area contributed by atoms with E-state index in [4.69, 9.17) is 10.5 Å². The van der Waals surface area contributed by atoms with E-state index in [0.717, 1.165) is 4.47 Å². The average Bonchev–Trinajstić information content (AvgIpc) is 2.27. The maximum Gasteiger partial charge on any atom is 0.245 e. The fourth-order valence-corrected chi connectivity index (χ4v) is 3.31. The summed E-state index contributed by atoms with van der Waals surface area (Å²) in [6.07, 6.45) is 0. The first kappa shape index (κ1) is 15.4. The number of rotatable bonds is 5. The number of nitrogen functional groups attached to an aromatic ring is 1. The summed E-state index contributed by atoms with van der Waals surface area (Å²) in [5.41, 5.74) is 5.98. The molecule has 0 saturated heterocycles. The van der Waals surface area contributed by atoms with Crippen LogP contribution < -0.4 is 5.73 Å². The highest BCUT2D eigenvalue weighted by molar-refractivity contribution is 9.10. The molecule has 0 aliphatic heterocycles. The predicted octanol–water partition coefficient (Wildman–Crippen LogP) is 1.69. The van der Waals surface area contributed by atoms with Crippen molar-refractivity contribution in [1.29, 1.82) is 0 Å². The Balaban J connectivity index is 3.13. The van der Waals surface area contributed by atoms with Crippen molar-refractivity contribution in [3.63, 3.8) is 0 Å². The SMILES string of the molecule is COCC(C)N(C)S(=O)(=O)c1ccc(Br)cc1N. The highest BCUT2D eigenvalue weighted by Gasteiger charge is 2.27. The van der Waals surface area contributed by atoms with Crippen LogP contribution >= 0.6 is 15.9 Å². The molecule has 0 aliphatic carbocycles. The number of nitrogens with zero attached hydrogens (tertiary/aromatic N) is 1. The summed E-state index contributed by atoms with van der Waals surface area (Å²) in [4.78, 5) is 0.108. The molecule has 18 heavy (non-hydrogen) atoms. The minimum Gasteiger partial charge on any atom is -0.398 e. The molecule has 0 aromatic heterocycles. The average molecular weight is 337 g/mol. The molecule has 0 spiro atoms. The molecule has 1 aromatic carbocycles. The second kappa shape index (κ2) is 6.01. The van der Waals surface area contributed by atoms with Crippen LogP contribution in [0.4, 0.5) is 5.69 Å². The topological polar surface area (TPSA) is 72.6 Å². The fraction of sp³-hybridized carbons (Fsp3) is 0.455. The molecule has 0 saturated carbocycles. The Hall–Kier alpha value is -0.630. The summed E-state index contributed by atoms with van der Waals surface area (Å²) >= 11 is 3.25. The van der Waals surface area contributed by atoms with Gasteiger partial charge in [-0.25, -0.2) is 8.42 Å². The molecule has 102 valence electrons. The second-order valence-corrected chi connectivity index (χ2v) is 6.89. The van der Waals surface area contributed by atoms with E-state index < -0.39 is 10.0 Å². The van der Waals surface area contributed by atoms with Gasteiger partial charge in [-0.15, -0.1) is 0 Å². The van der Waals surface area contributed by atoms with Crippen molar-refractivity contribution in [2.45, 2.75) is 17.9 Å². The van der Waals surface area contributed by atoms with E-state index in [0.29, 0.717) is 6.61 Å². The Morgan fingerprint density at radius 3 is 2.61 bits per heavy atom. The molecular weight excluding hydrogens is 320 g/mol. The number of ether oxygens (including phenoxy) is 1. The lowest BCUT2D eigenvalue weighted by molar-refractivity contribution is 0.149. The van der Waals surface area contributed by atoms with Crippen LogP contribution in [0.5, 0.6) is 0 Å². The van der Waals surface area contributed by atoms with Gasteiger partial charge in [0.2, 0.25) is 10.0 Å². The fourth-order valence-electron chi connectivity index (χ4n) is 1.49. The van der Waals surface area contributed by atoms with Gasteiger partial charge in [-0.2, -0.15) is 4.31 Å². The van der Waals surface area contributed by atoms with Crippen LogP contribution in [0.15, 0.2) is 27.6 Å². The van der Waals surface area contributed by atoms with Gasteiger partial charge in [0.05, 0.1) is 12.3 Å². The van der Waals surface area contributed by atoms with Gasteiger partial charge in [0.25, 0.3) is 0 Å². The van der Waals surface area contributed by atoms with E-state index in [1.165, 1.54) is 24.5 Å². The molecular formula is C11H17BrN2O3S. The number of hydrogen-bond donors (Lipinski definition) is 1. The number of nitrogens with two attached hydrogens (primary N) is 1. The van der Waals surface area contributed by atoms with Gasteiger partial charge >= 0.3 is 0 Å². The van der Waals surface area contributed by atoms with Gasteiger partial charge in [-0.3, -0.25) is 0 Å². The highest BCUT2D eigenvalue weighted by atomic mass is 79.9. The smallest absolute Gasteiger partial charge is 0.245 e. The van der Waals surface area contributed by atoms with E-state index in [1.807, 2.05) is 0 Å². The van der Waals surface area contributed by atoms with Gasteiger partial charge in [-0.05, 0) is 25.1 Å². The quantitative estimate of drug-likeness (QED) is 0.830. The lowest BCUT2D eigenvalue weighted by atomic mass is 10.3. The van der Waals surface area contributed by atoms with Crippen molar-refractivity contribution in [1.82, 2.24) is 4.31 Å². The zero-order chi connectivity index (χ0) is 13.9. The number of methoxy groups -OCH3 is 1. The van der Waals surface area contributed by atoms with E-state index in [9.17, 15) is 8.42 Å².